The van der Waals surface area contributed by atoms with Crippen LogP contribution in [0.1, 0.15) is 47.1 Å². The molecule has 0 aromatic heterocycles. The van der Waals surface area contributed by atoms with Crippen molar-refractivity contribution in [2.75, 3.05) is 0 Å². The number of rotatable bonds is 3. The first-order valence-corrected chi connectivity index (χ1v) is 20.4. The largest absolute Gasteiger partial charge is 0.147 e. The Morgan fingerprint density at radius 2 is 1.62 bits per heavy atom. The average molecular weight is 468 g/mol. The van der Waals surface area contributed by atoms with Crippen LogP contribution in [0.15, 0.2) is 44.5 Å². The van der Waals surface area contributed by atoms with Crippen LogP contribution in [-0.4, -0.2) is 18.4 Å². The Kier molecular flexibility index (Phi) is 8.38. The molecule has 0 radical (unpaired) electrons. The van der Waals surface area contributed by atoms with E-state index in [1.165, 1.54) is 5.56 Å². The van der Waals surface area contributed by atoms with Crippen LogP contribution in [0.25, 0.3) is 0 Å². The Balaban J connectivity index is 0.00000312. The van der Waals surface area contributed by atoms with Gasteiger partial charge in [-0.2, -0.15) is 0 Å². The molecule has 0 fully saturated rings. The van der Waals surface area contributed by atoms with Gasteiger partial charge in [0.05, 0.1) is 0 Å². The summed E-state index contributed by atoms with van der Waals surface area (Å²) in [7, 11) is 2.27. The third-order valence-corrected chi connectivity index (χ3v) is 16.5. The summed E-state index contributed by atoms with van der Waals surface area (Å²) >= 11 is -3.07. The number of hydrogen-bond donors (Lipinski definition) is 0. The van der Waals surface area contributed by atoms with E-state index in [9.17, 15) is 0 Å². The molecular formula is C20H37Cl2OSi2Ti. The van der Waals surface area contributed by atoms with E-state index in [1.54, 1.807) is 20.2 Å². The van der Waals surface area contributed by atoms with Gasteiger partial charge in [-0.1, -0.05) is 0 Å². The summed E-state index contributed by atoms with van der Waals surface area (Å²) in [6.07, 6.45) is 0. The topological polar surface area (TPSA) is 9.23 Å². The fourth-order valence-electron chi connectivity index (χ4n) is 4.23. The predicted octanol–water partition coefficient (Wildman–Crippen LogP) is 4.75. The molecule has 0 spiro atoms. The second kappa shape index (κ2) is 8.30. The molecule has 1 aromatic carbocycles. The number of allylic oxidation sites excluding steroid dienone is 4. The van der Waals surface area contributed by atoms with E-state index < -0.39 is 14.9 Å². The summed E-state index contributed by atoms with van der Waals surface area (Å²) in [5, 5.41) is 6.62. The monoisotopic (exact) mass is 467 g/mol. The summed E-state index contributed by atoms with van der Waals surface area (Å²) in [6.45, 7) is 13.8. The number of halogens is 2. The van der Waals surface area contributed by atoms with Gasteiger partial charge in [0.25, 0.3) is 0 Å². The summed E-state index contributed by atoms with van der Waals surface area (Å²) in [4.78, 5) is 0. The molecule has 0 N–H and O–H groups in total. The molecule has 0 saturated heterocycles. The van der Waals surface area contributed by atoms with Crippen molar-refractivity contribution in [2.45, 2.75) is 57.4 Å². The molecule has 6 heteroatoms. The summed E-state index contributed by atoms with van der Waals surface area (Å²) in [5.74, 6) is 1.66. The fourth-order valence-corrected chi connectivity index (χ4v) is 21.5. The molecule has 2 rings (SSSR count). The van der Waals surface area contributed by atoms with Crippen LogP contribution in [0.4, 0.5) is 0 Å². The van der Waals surface area contributed by atoms with Crippen molar-refractivity contribution >= 4 is 43.2 Å². The molecule has 1 atom stereocenters. The van der Waals surface area contributed by atoms with Crippen molar-refractivity contribution in [3.8, 4) is 5.75 Å². The third kappa shape index (κ3) is 5.18. The molecule has 0 aliphatic heterocycles. The van der Waals surface area contributed by atoms with E-state index in [1.807, 2.05) is 0 Å². The van der Waals surface area contributed by atoms with Gasteiger partial charge in [0.1, 0.15) is 0 Å². The van der Waals surface area contributed by atoms with Crippen LogP contribution in [0.5, 0.6) is 5.75 Å². The molecule has 1 aliphatic carbocycles. The van der Waals surface area contributed by atoms with Gasteiger partial charge in [0, 0.05) is 0 Å². The normalized spacial score (nSPS) is 19.7. The van der Waals surface area contributed by atoms with E-state index >= 15 is 0 Å². The van der Waals surface area contributed by atoms with Crippen molar-refractivity contribution in [3.05, 3.63) is 50.0 Å². The van der Waals surface area contributed by atoms with Crippen molar-refractivity contribution in [1.29, 1.82) is 0 Å². The van der Waals surface area contributed by atoms with E-state index in [4.69, 9.17) is 3.32 Å². The summed E-state index contributed by atoms with van der Waals surface area (Å²) < 4.78 is 8.65. The minimum Gasteiger partial charge on any atom is -0.147 e. The summed E-state index contributed by atoms with van der Waals surface area (Å²) in [5.41, 5.74) is 4.63. The minimum absolute atomic E-state index is 0. The molecule has 1 nitrogen and oxygen atoms in total. The first-order chi connectivity index (χ1) is 10.7. The third-order valence-electron chi connectivity index (χ3n) is 5.73. The van der Waals surface area contributed by atoms with Crippen LogP contribution >= 0.6 is 24.8 Å². The van der Waals surface area contributed by atoms with Crippen LogP contribution in [0.2, 0.25) is 10.5 Å². The van der Waals surface area contributed by atoms with Gasteiger partial charge in [-0.05, 0) is 0 Å². The van der Waals surface area contributed by atoms with E-state index in [2.05, 4.69) is 76.3 Å². The Bertz CT molecular complexity index is 740. The maximum atomic E-state index is 6.94. The van der Waals surface area contributed by atoms with Gasteiger partial charge in [0.15, 0.2) is 0 Å². The quantitative estimate of drug-likeness (QED) is 0.582. The minimum atomic E-state index is -3.07. The molecule has 0 amide bonds. The smallest absolute Gasteiger partial charge is 0.147 e. The zero-order valence-electron chi connectivity index (χ0n) is 18.1. The second-order valence-corrected chi connectivity index (χ2v) is 33.3. The molecule has 1 unspecified atom stereocenters. The fraction of sp³-hybridized carbons (Fsp3) is 0.500. The Labute approximate surface area is 179 Å². The Hall–Kier alpha value is 0.228. The van der Waals surface area contributed by atoms with Crippen molar-refractivity contribution in [1.82, 2.24) is 0 Å². The molecule has 149 valence electrons. The van der Waals surface area contributed by atoms with Crippen molar-refractivity contribution in [3.63, 3.8) is 0 Å². The molecule has 0 saturated carbocycles. The first-order valence-electron chi connectivity index (χ1n) is 9.13. The van der Waals surface area contributed by atoms with Gasteiger partial charge in [-0.3, -0.25) is 0 Å². The maximum absolute atomic E-state index is 6.94. The molecule has 0 bridgehead atoms. The number of benzene rings is 1. The van der Waals surface area contributed by atoms with E-state index in [-0.39, 0.29) is 30.2 Å². The SMILES string of the molecule is CC1=C(C)C(C)[C]([Ti]([CH3])([CH3])([SiH3])[O]c2cccc(C(C)(C)C)c2)=C1[SiH3].Cl.Cl. The van der Waals surface area contributed by atoms with Crippen LogP contribution in [0, 0.1) is 5.92 Å². The van der Waals surface area contributed by atoms with Gasteiger partial charge in [-0.25, -0.2) is 0 Å². The van der Waals surface area contributed by atoms with Gasteiger partial charge < -0.3 is 0 Å². The van der Waals surface area contributed by atoms with Gasteiger partial charge >= 0.3 is 156 Å². The van der Waals surface area contributed by atoms with E-state index in [0.29, 0.717) is 5.92 Å². The Morgan fingerprint density at radius 1 is 1.08 bits per heavy atom. The zero-order chi connectivity index (χ0) is 18.5. The zero-order valence-corrected chi connectivity index (χ0v) is 25.3. The van der Waals surface area contributed by atoms with Crippen molar-refractivity contribution < 1.29 is 18.3 Å². The molecule has 1 aromatic rings. The van der Waals surface area contributed by atoms with Crippen LogP contribution < -0.4 is 3.32 Å². The molecule has 26 heavy (non-hydrogen) atoms. The van der Waals surface area contributed by atoms with Gasteiger partial charge in [0.2, 0.25) is 0 Å². The maximum Gasteiger partial charge on any atom is -0.147 e. The average Bonchev–Trinajstić information content (AvgIpc) is 2.61. The standard InChI is InChI=1S/C10H14O.C8H13Si.2CH3.2ClH.H3Si.Ti/c1-10(2,3)8-5-4-6-9(11)7-8;1-5-4-8(9)7(3)6(5)2;;;;;;/h4-7,11H,1-3H3;5H,1-3,9H3;2*1H3;2*1H;1H3;/q;;;;;;;+1/p-1. The molecule has 1 aliphatic rings. The Morgan fingerprint density at radius 3 is 2.04 bits per heavy atom. The predicted molar refractivity (Wildman–Crippen MR) is 126 cm³/mol. The van der Waals surface area contributed by atoms with Crippen LogP contribution in [0.3, 0.4) is 0 Å². The van der Waals surface area contributed by atoms with Crippen LogP contribution in [-0.2, 0) is 20.4 Å². The summed E-state index contributed by atoms with van der Waals surface area (Å²) in [6, 6.07) is 8.80. The molecule has 0 heterocycles. The second-order valence-electron chi connectivity index (χ2n) is 9.91. The number of hydrogen-bond acceptors (Lipinski definition) is 1. The van der Waals surface area contributed by atoms with E-state index in [0.717, 1.165) is 24.1 Å². The van der Waals surface area contributed by atoms with Crippen molar-refractivity contribution in [2.24, 2.45) is 5.92 Å². The van der Waals surface area contributed by atoms with Gasteiger partial charge in [-0.15, -0.1) is 24.8 Å². The first kappa shape index (κ1) is 26.2. The molecular weight excluding hydrogens is 431 g/mol.